The highest BCUT2D eigenvalue weighted by molar-refractivity contribution is 7.80. The molecule has 1 aliphatic heterocycles. The Balaban J connectivity index is 1.71. The van der Waals surface area contributed by atoms with Crippen LogP contribution in [-0.4, -0.2) is 28.1 Å². The molecule has 35 heavy (non-hydrogen) atoms. The van der Waals surface area contributed by atoms with E-state index in [2.05, 4.69) is 16.5 Å². The Morgan fingerprint density at radius 1 is 1.06 bits per heavy atom. The fourth-order valence-corrected chi connectivity index (χ4v) is 4.46. The summed E-state index contributed by atoms with van der Waals surface area (Å²) in [6.07, 6.45) is 3.34. The monoisotopic (exact) mass is 485 g/mol. The molecule has 2 amide bonds. The molecule has 2 aromatic carbocycles. The van der Waals surface area contributed by atoms with Crippen molar-refractivity contribution in [3.05, 3.63) is 94.8 Å². The minimum absolute atomic E-state index is 0.0351. The molecule has 0 bridgehead atoms. The standard InChI is InChI=1S/C28H27N3O3S/c1-6-14-34-23-12-10-22(11-13-23)30-18(3)15-21(20(30)5)16-24-26(32)29-28(35)31(27(24)33)25-9-7-8-17(2)19(25)4/h6-13,15-16H,1,14H2,2-5H3,(H,29,32,35)/b24-16+. The summed E-state index contributed by atoms with van der Waals surface area (Å²) in [6, 6.07) is 15.4. The summed E-state index contributed by atoms with van der Waals surface area (Å²) in [5, 5.41) is 2.75. The van der Waals surface area contributed by atoms with Crippen LogP contribution >= 0.6 is 12.2 Å². The molecular formula is C28H27N3O3S. The van der Waals surface area contributed by atoms with Crippen LogP contribution in [0.3, 0.4) is 0 Å². The molecule has 1 N–H and O–H groups in total. The van der Waals surface area contributed by atoms with Crippen molar-refractivity contribution in [2.24, 2.45) is 0 Å². The van der Waals surface area contributed by atoms with Crippen molar-refractivity contribution in [2.75, 3.05) is 11.5 Å². The highest BCUT2D eigenvalue weighted by atomic mass is 32.1. The zero-order valence-corrected chi connectivity index (χ0v) is 21.0. The highest BCUT2D eigenvalue weighted by Crippen LogP contribution is 2.29. The predicted molar refractivity (Wildman–Crippen MR) is 143 cm³/mol. The molecule has 7 heteroatoms. The fraction of sp³-hybridized carbons (Fsp3) is 0.179. The predicted octanol–water partition coefficient (Wildman–Crippen LogP) is 5.11. The van der Waals surface area contributed by atoms with Crippen molar-refractivity contribution >= 4 is 40.9 Å². The van der Waals surface area contributed by atoms with Gasteiger partial charge in [-0.1, -0.05) is 24.8 Å². The SMILES string of the molecule is C=CCOc1ccc(-n2c(C)cc(/C=C3\C(=O)NC(=S)N(c4cccc(C)c4C)C3=O)c2C)cc1. The van der Waals surface area contributed by atoms with Crippen LogP contribution < -0.4 is 15.0 Å². The van der Waals surface area contributed by atoms with Crippen molar-refractivity contribution in [1.82, 2.24) is 9.88 Å². The Kier molecular flexibility index (Phi) is 6.71. The highest BCUT2D eigenvalue weighted by Gasteiger charge is 2.35. The van der Waals surface area contributed by atoms with Gasteiger partial charge in [-0.3, -0.25) is 19.8 Å². The van der Waals surface area contributed by atoms with Gasteiger partial charge in [0.1, 0.15) is 17.9 Å². The number of anilines is 1. The summed E-state index contributed by atoms with van der Waals surface area (Å²) in [4.78, 5) is 27.7. The van der Waals surface area contributed by atoms with Gasteiger partial charge in [0, 0.05) is 17.1 Å². The second-order valence-corrected chi connectivity index (χ2v) is 8.82. The maximum absolute atomic E-state index is 13.5. The Morgan fingerprint density at radius 3 is 2.46 bits per heavy atom. The lowest BCUT2D eigenvalue weighted by Crippen LogP contribution is -2.54. The summed E-state index contributed by atoms with van der Waals surface area (Å²) in [6.45, 7) is 11.9. The third-order valence-corrected chi connectivity index (χ3v) is 6.44. The van der Waals surface area contributed by atoms with Crippen molar-refractivity contribution < 1.29 is 14.3 Å². The van der Waals surface area contributed by atoms with Crippen molar-refractivity contribution in [3.63, 3.8) is 0 Å². The number of carbonyl (C=O) groups is 2. The number of amides is 2. The third-order valence-electron chi connectivity index (χ3n) is 6.15. The zero-order chi connectivity index (χ0) is 25.3. The molecule has 0 saturated carbocycles. The molecular weight excluding hydrogens is 458 g/mol. The fourth-order valence-electron chi connectivity index (χ4n) is 4.19. The number of benzene rings is 2. The number of aryl methyl sites for hydroxylation is 2. The summed E-state index contributed by atoms with van der Waals surface area (Å²) in [5.41, 5.74) is 6.27. The minimum Gasteiger partial charge on any atom is -0.490 e. The van der Waals surface area contributed by atoms with Gasteiger partial charge in [0.05, 0.1) is 5.69 Å². The van der Waals surface area contributed by atoms with E-state index < -0.39 is 11.8 Å². The van der Waals surface area contributed by atoms with E-state index in [4.69, 9.17) is 17.0 Å². The summed E-state index contributed by atoms with van der Waals surface area (Å²) in [7, 11) is 0. The van der Waals surface area contributed by atoms with E-state index in [9.17, 15) is 9.59 Å². The lowest BCUT2D eigenvalue weighted by molar-refractivity contribution is -0.122. The van der Waals surface area contributed by atoms with Crippen molar-refractivity contribution in [1.29, 1.82) is 0 Å². The Morgan fingerprint density at radius 2 is 1.77 bits per heavy atom. The normalized spacial score (nSPS) is 14.9. The van der Waals surface area contributed by atoms with E-state index in [0.717, 1.165) is 39.5 Å². The van der Waals surface area contributed by atoms with E-state index in [1.54, 1.807) is 12.2 Å². The first-order valence-electron chi connectivity index (χ1n) is 11.2. The van der Waals surface area contributed by atoms with Crippen LogP contribution in [0.25, 0.3) is 11.8 Å². The Bertz CT molecular complexity index is 1380. The summed E-state index contributed by atoms with van der Waals surface area (Å²) >= 11 is 5.36. The number of hydrogen-bond donors (Lipinski definition) is 1. The first-order valence-corrected chi connectivity index (χ1v) is 11.6. The average Bonchev–Trinajstić information content (AvgIpc) is 3.11. The molecule has 6 nitrogen and oxygen atoms in total. The Labute approximate surface area is 210 Å². The number of nitrogens with one attached hydrogen (secondary N) is 1. The first-order chi connectivity index (χ1) is 16.7. The maximum Gasteiger partial charge on any atom is 0.270 e. The summed E-state index contributed by atoms with van der Waals surface area (Å²) in [5.74, 6) is -0.193. The largest absolute Gasteiger partial charge is 0.490 e. The molecule has 0 aliphatic carbocycles. The van der Waals surface area contributed by atoms with Crippen LogP contribution in [0.2, 0.25) is 0 Å². The van der Waals surface area contributed by atoms with Crippen LogP contribution in [0.1, 0.15) is 28.1 Å². The quantitative estimate of drug-likeness (QED) is 0.228. The number of hydrogen-bond acceptors (Lipinski definition) is 4. The topological polar surface area (TPSA) is 63.6 Å². The smallest absolute Gasteiger partial charge is 0.270 e. The second kappa shape index (κ2) is 9.72. The second-order valence-electron chi connectivity index (χ2n) is 8.43. The lowest BCUT2D eigenvalue weighted by Gasteiger charge is -2.30. The molecule has 4 rings (SSSR count). The first kappa shape index (κ1) is 24.2. The number of carbonyl (C=O) groups excluding carboxylic acids is 2. The van der Waals surface area contributed by atoms with Gasteiger partial charge in [0.15, 0.2) is 5.11 Å². The van der Waals surface area contributed by atoms with Crippen LogP contribution in [0.5, 0.6) is 5.75 Å². The van der Waals surface area contributed by atoms with Crippen LogP contribution in [0.4, 0.5) is 5.69 Å². The van der Waals surface area contributed by atoms with Gasteiger partial charge in [-0.05, 0) is 99.1 Å². The molecule has 0 unspecified atom stereocenters. The van der Waals surface area contributed by atoms with Gasteiger partial charge in [-0.25, -0.2) is 0 Å². The number of nitrogens with zero attached hydrogens (tertiary/aromatic N) is 2. The van der Waals surface area contributed by atoms with Crippen LogP contribution in [-0.2, 0) is 9.59 Å². The number of ether oxygens (including phenoxy) is 1. The molecule has 1 aliphatic rings. The molecule has 1 saturated heterocycles. The third kappa shape index (κ3) is 4.55. The number of rotatable bonds is 6. The van der Waals surface area contributed by atoms with E-state index in [1.165, 1.54) is 4.90 Å². The molecule has 178 valence electrons. The van der Waals surface area contributed by atoms with Crippen molar-refractivity contribution in [2.45, 2.75) is 27.7 Å². The Hall–Kier alpha value is -3.97. The summed E-state index contributed by atoms with van der Waals surface area (Å²) < 4.78 is 7.64. The van der Waals surface area contributed by atoms with Crippen molar-refractivity contribution in [3.8, 4) is 11.4 Å². The molecule has 0 spiro atoms. The van der Waals surface area contributed by atoms with E-state index >= 15 is 0 Å². The van der Waals surface area contributed by atoms with Crippen LogP contribution in [0.15, 0.2) is 66.8 Å². The number of aromatic nitrogens is 1. The van der Waals surface area contributed by atoms with Gasteiger partial charge in [-0.15, -0.1) is 0 Å². The number of thiocarbonyl (C=S) groups is 1. The van der Waals surface area contributed by atoms with Gasteiger partial charge in [-0.2, -0.15) is 0 Å². The van der Waals surface area contributed by atoms with E-state index in [0.29, 0.717) is 12.3 Å². The lowest BCUT2D eigenvalue weighted by atomic mass is 10.0. The zero-order valence-electron chi connectivity index (χ0n) is 20.2. The van der Waals surface area contributed by atoms with Gasteiger partial charge in [0.2, 0.25) is 0 Å². The molecule has 2 heterocycles. The van der Waals surface area contributed by atoms with Gasteiger partial charge < -0.3 is 9.30 Å². The van der Waals surface area contributed by atoms with E-state index in [-0.39, 0.29) is 10.7 Å². The molecule has 0 radical (unpaired) electrons. The molecule has 0 atom stereocenters. The van der Waals surface area contributed by atoms with Gasteiger partial charge >= 0.3 is 0 Å². The molecule has 1 fully saturated rings. The van der Waals surface area contributed by atoms with Crippen LogP contribution in [0, 0.1) is 27.7 Å². The van der Waals surface area contributed by atoms with Gasteiger partial charge in [0.25, 0.3) is 11.8 Å². The maximum atomic E-state index is 13.5. The average molecular weight is 486 g/mol. The van der Waals surface area contributed by atoms with E-state index in [1.807, 2.05) is 76.2 Å². The molecule has 3 aromatic rings. The minimum atomic E-state index is -0.505. The molecule has 1 aromatic heterocycles.